The van der Waals surface area contributed by atoms with Crippen LogP contribution in [0.3, 0.4) is 0 Å². The third-order valence-electron chi connectivity index (χ3n) is 5.07. The number of nitrogens with one attached hydrogen (secondary N) is 2. The summed E-state index contributed by atoms with van der Waals surface area (Å²) < 4.78 is 12.4. The fraction of sp³-hybridized carbons (Fsp3) is 0.400. The van der Waals surface area contributed by atoms with Crippen molar-refractivity contribution < 1.29 is 24.5 Å². The summed E-state index contributed by atoms with van der Waals surface area (Å²) in [7, 11) is 1.61. The second-order valence-electron chi connectivity index (χ2n) is 7.07. The molecule has 0 spiro atoms. The highest BCUT2D eigenvalue weighted by Gasteiger charge is 2.47. The molecule has 1 amide bonds. The average Bonchev–Trinajstić information content (AvgIpc) is 3.34. The highest BCUT2D eigenvalue weighted by molar-refractivity contribution is 5.83. The van der Waals surface area contributed by atoms with Crippen molar-refractivity contribution >= 4 is 22.9 Å². The zero-order valence-electron chi connectivity index (χ0n) is 17.1. The molecule has 0 bridgehead atoms. The standard InChI is InChI=1S/C20H24N6O5/c1-3-21-19(29)16-14(27)15(28)20(31-16)26-10-25-13-17(23-9-24-18(13)26)22-8-11-5-4-6-12(7-11)30-2/h4-7,9-10,14-16,20,27-28H,3,8H2,1-2H3,(H,21,29)(H,22,23,24). The normalized spacial score (nSPS) is 23.1. The Morgan fingerprint density at radius 3 is 2.87 bits per heavy atom. The SMILES string of the molecule is CCNC(=O)C1OC(n2cnc3c(NCc4cccc(OC)c4)ncnc32)C(O)C1O. The maximum atomic E-state index is 12.1. The van der Waals surface area contributed by atoms with E-state index in [0.717, 1.165) is 11.3 Å². The van der Waals surface area contributed by atoms with Crippen LogP contribution in [0, 0.1) is 0 Å². The van der Waals surface area contributed by atoms with Gasteiger partial charge in [-0.1, -0.05) is 12.1 Å². The number of hydrogen-bond acceptors (Lipinski definition) is 9. The zero-order chi connectivity index (χ0) is 22.0. The van der Waals surface area contributed by atoms with Gasteiger partial charge in [0, 0.05) is 13.1 Å². The van der Waals surface area contributed by atoms with Gasteiger partial charge in [0.05, 0.1) is 13.4 Å². The number of methoxy groups -OCH3 is 1. The van der Waals surface area contributed by atoms with Crippen LogP contribution in [0.1, 0.15) is 18.7 Å². The number of ether oxygens (including phenoxy) is 2. The number of aromatic nitrogens is 4. The first-order valence-electron chi connectivity index (χ1n) is 9.87. The fourth-order valence-corrected chi connectivity index (χ4v) is 3.52. The number of anilines is 1. The molecule has 164 valence electrons. The van der Waals surface area contributed by atoms with Crippen LogP contribution < -0.4 is 15.4 Å². The second-order valence-corrected chi connectivity index (χ2v) is 7.07. The third-order valence-corrected chi connectivity index (χ3v) is 5.07. The van der Waals surface area contributed by atoms with E-state index < -0.39 is 30.4 Å². The van der Waals surface area contributed by atoms with Crippen LogP contribution in [0.2, 0.25) is 0 Å². The number of rotatable bonds is 7. The number of amides is 1. The molecule has 4 unspecified atom stereocenters. The van der Waals surface area contributed by atoms with Crippen molar-refractivity contribution in [3.05, 3.63) is 42.5 Å². The van der Waals surface area contributed by atoms with Crippen LogP contribution in [0.5, 0.6) is 5.75 Å². The number of hydrogen-bond donors (Lipinski definition) is 4. The van der Waals surface area contributed by atoms with Crippen LogP contribution >= 0.6 is 0 Å². The minimum atomic E-state index is -1.37. The fourth-order valence-electron chi connectivity index (χ4n) is 3.52. The molecule has 11 nitrogen and oxygen atoms in total. The molecule has 11 heteroatoms. The van der Waals surface area contributed by atoms with Gasteiger partial charge in [0.25, 0.3) is 5.91 Å². The highest BCUT2D eigenvalue weighted by atomic mass is 16.6. The van der Waals surface area contributed by atoms with Gasteiger partial charge in [0.1, 0.15) is 24.3 Å². The summed E-state index contributed by atoms with van der Waals surface area (Å²) in [5.74, 6) is 0.764. The van der Waals surface area contributed by atoms with Gasteiger partial charge in [-0.25, -0.2) is 15.0 Å². The summed E-state index contributed by atoms with van der Waals surface area (Å²) in [4.78, 5) is 25.0. The number of imidazole rings is 1. The van der Waals surface area contributed by atoms with Gasteiger partial charge in [0.2, 0.25) is 0 Å². The van der Waals surface area contributed by atoms with Crippen molar-refractivity contribution in [2.24, 2.45) is 0 Å². The number of nitrogens with zero attached hydrogens (tertiary/aromatic N) is 4. The number of aliphatic hydroxyl groups is 2. The van der Waals surface area contributed by atoms with Crippen molar-refractivity contribution in [2.75, 3.05) is 19.0 Å². The first-order valence-corrected chi connectivity index (χ1v) is 9.87. The van der Waals surface area contributed by atoms with E-state index in [2.05, 4.69) is 25.6 Å². The lowest BCUT2D eigenvalue weighted by Crippen LogP contribution is -2.42. The molecule has 1 aliphatic rings. The van der Waals surface area contributed by atoms with Gasteiger partial charge >= 0.3 is 0 Å². The largest absolute Gasteiger partial charge is 0.497 e. The minimum absolute atomic E-state index is 0.385. The molecule has 4 N–H and O–H groups in total. The Morgan fingerprint density at radius 2 is 2.10 bits per heavy atom. The first kappa shape index (κ1) is 21.0. The zero-order valence-corrected chi connectivity index (χ0v) is 17.1. The quantitative estimate of drug-likeness (QED) is 0.415. The smallest absolute Gasteiger partial charge is 0.252 e. The van der Waals surface area contributed by atoms with Crippen LogP contribution in [0.4, 0.5) is 5.82 Å². The van der Waals surface area contributed by atoms with E-state index in [4.69, 9.17) is 9.47 Å². The van der Waals surface area contributed by atoms with Gasteiger partial charge in [-0.2, -0.15) is 0 Å². The summed E-state index contributed by atoms with van der Waals surface area (Å²) in [5.41, 5.74) is 1.86. The topological polar surface area (TPSA) is 144 Å². The van der Waals surface area contributed by atoms with E-state index in [1.807, 2.05) is 24.3 Å². The summed E-state index contributed by atoms with van der Waals surface area (Å²) in [6.07, 6.45) is -2.10. The second kappa shape index (κ2) is 8.84. The lowest BCUT2D eigenvalue weighted by Gasteiger charge is -2.16. The molecule has 1 aromatic carbocycles. The highest BCUT2D eigenvalue weighted by Crippen LogP contribution is 2.32. The number of aliphatic hydroxyl groups excluding tert-OH is 2. The van der Waals surface area contributed by atoms with Gasteiger partial charge in [-0.15, -0.1) is 0 Å². The van der Waals surface area contributed by atoms with Crippen LogP contribution in [-0.4, -0.2) is 67.6 Å². The van der Waals surface area contributed by atoms with Crippen molar-refractivity contribution in [3.8, 4) is 5.75 Å². The summed E-state index contributed by atoms with van der Waals surface area (Å²) in [6.45, 7) is 2.62. The molecule has 0 aliphatic carbocycles. The maximum absolute atomic E-state index is 12.1. The number of benzene rings is 1. The lowest BCUT2D eigenvalue weighted by atomic mass is 10.1. The summed E-state index contributed by atoms with van der Waals surface area (Å²) in [5, 5.41) is 26.6. The lowest BCUT2D eigenvalue weighted by molar-refractivity contribution is -0.137. The van der Waals surface area contributed by atoms with Crippen molar-refractivity contribution in [3.63, 3.8) is 0 Å². The molecule has 3 heterocycles. The van der Waals surface area contributed by atoms with Crippen molar-refractivity contribution in [1.29, 1.82) is 0 Å². The molecule has 4 rings (SSSR count). The minimum Gasteiger partial charge on any atom is -0.497 e. The molecule has 1 aliphatic heterocycles. The third kappa shape index (κ3) is 4.02. The maximum Gasteiger partial charge on any atom is 0.252 e. The Balaban J connectivity index is 1.56. The Labute approximate surface area is 178 Å². The van der Waals surface area contributed by atoms with Gasteiger partial charge in [0.15, 0.2) is 29.3 Å². The van der Waals surface area contributed by atoms with E-state index in [0.29, 0.717) is 30.1 Å². The van der Waals surface area contributed by atoms with E-state index in [1.54, 1.807) is 14.0 Å². The molecule has 4 atom stereocenters. The molecule has 0 radical (unpaired) electrons. The first-order chi connectivity index (χ1) is 15.0. The molecular formula is C20H24N6O5. The summed E-state index contributed by atoms with van der Waals surface area (Å²) >= 11 is 0. The van der Waals surface area contributed by atoms with Crippen molar-refractivity contribution in [2.45, 2.75) is 38.0 Å². The van der Waals surface area contributed by atoms with Crippen LogP contribution in [-0.2, 0) is 16.1 Å². The molecule has 1 saturated heterocycles. The van der Waals surface area contributed by atoms with Gasteiger partial charge in [-0.05, 0) is 24.6 Å². The van der Waals surface area contributed by atoms with E-state index in [-0.39, 0.29) is 0 Å². The molecule has 3 aromatic rings. The number of carbonyl (C=O) groups excluding carboxylic acids is 1. The Bertz CT molecular complexity index is 1070. The van der Waals surface area contributed by atoms with E-state index in [1.165, 1.54) is 17.2 Å². The van der Waals surface area contributed by atoms with E-state index in [9.17, 15) is 15.0 Å². The van der Waals surface area contributed by atoms with Crippen LogP contribution in [0.15, 0.2) is 36.9 Å². The molecule has 2 aromatic heterocycles. The number of carbonyl (C=O) groups is 1. The van der Waals surface area contributed by atoms with Gasteiger partial charge < -0.3 is 30.3 Å². The molecular weight excluding hydrogens is 404 g/mol. The van der Waals surface area contributed by atoms with Crippen molar-refractivity contribution in [1.82, 2.24) is 24.8 Å². The summed E-state index contributed by atoms with van der Waals surface area (Å²) in [6, 6.07) is 7.63. The number of fused-ring (bicyclic) bond motifs is 1. The predicted molar refractivity (Wildman–Crippen MR) is 110 cm³/mol. The van der Waals surface area contributed by atoms with E-state index >= 15 is 0 Å². The molecule has 0 saturated carbocycles. The Morgan fingerprint density at radius 1 is 1.26 bits per heavy atom. The number of likely N-dealkylation sites (N-methyl/N-ethyl adjacent to an activating group) is 1. The van der Waals surface area contributed by atoms with Gasteiger partial charge in [-0.3, -0.25) is 9.36 Å². The Hall–Kier alpha value is -3.28. The molecule has 1 fully saturated rings. The molecule has 31 heavy (non-hydrogen) atoms. The Kier molecular flexibility index (Phi) is 5.98. The van der Waals surface area contributed by atoms with Crippen LogP contribution in [0.25, 0.3) is 11.2 Å². The monoisotopic (exact) mass is 428 g/mol. The predicted octanol–water partition coefficient (Wildman–Crippen LogP) is 0.202. The average molecular weight is 428 g/mol.